The fourth-order valence-corrected chi connectivity index (χ4v) is 2.83. The van der Waals surface area contributed by atoms with E-state index in [1.54, 1.807) is 6.07 Å². The maximum atomic E-state index is 13.2. The molecule has 0 radical (unpaired) electrons. The Labute approximate surface area is 144 Å². The van der Waals surface area contributed by atoms with Crippen molar-refractivity contribution < 1.29 is 13.9 Å². The van der Waals surface area contributed by atoms with Gasteiger partial charge in [0.15, 0.2) is 0 Å². The highest BCUT2D eigenvalue weighted by atomic mass is 35.5. The van der Waals surface area contributed by atoms with Gasteiger partial charge in [-0.05, 0) is 35.9 Å². The topological polar surface area (TPSA) is 30.5 Å². The second-order valence-corrected chi connectivity index (χ2v) is 6.17. The Hall–Kier alpha value is -1.33. The number of halogens is 3. The third-order valence-corrected chi connectivity index (χ3v) is 4.13. The Morgan fingerprint density at radius 1 is 1.17 bits per heavy atom. The maximum Gasteiger partial charge on any atom is 0.146 e. The van der Waals surface area contributed by atoms with Crippen LogP contribution in [0.15, 0.2) is 36.4 Å². The van der Waals surface area contributed by atoms with Gasteiger partial charge in [-0.1, -0.05) is 29.3 Å². The summed E-state index contributed by atoms with van der Waals surface area (Å²) in [5.74, 6) is 0.579. The van der Waals surface area contributed by atoms with Gasteiger partial charge in [-0.15, -0.1) is 0 Å². The van der Waals surface area contributed by atoms with E-state index in [1.807, 2.05) is 12.1 Å². The molecule has 2 aromatic rings. The molecule has 1 atom stereocenters. The molecular weight excluding hydrogens is 340 g/mol. The summed E-state index contributed by atoms with van der Waals surface area (Å²) in [7, 11) is 0. The lowest BCUT2D eigenvalue weighted by Crippen LogP contribution is -2.39. The van der Waals surface area contributed by atoms with Gasteiger partial charge in [0.05, 0.1) is 17.7 Å². The minimum absolute atomic E-state index is 0.0796. The molecule has 0 amide bonds. The highest BCUT2D eigenvalue weighted by molar-refractivity contribution is 6.32. The van der Waals surface area contributed by atoms with Crippen LogP contribution in [0.5, 0.6) is 11.5 Å². The van der Waals surface area contributed by atoms with E-state index in [4.69, 9.17) is 32.7 Å². The lowest BCUT2D eigenvalue weighted by Gasteiger charge is -2.24. The van der Waals surface area contributed by atoms with Gasteiger partial charge in [0.1, 0.15) is 17.3 Å². The van der Waals surface area contributed by atoms with Crippen LogP contribution in [0.3, 0.4) is 0 Å². The van der Waals surface area contributed by atoms with Gasteiger partial charge in [0, 0.05) is 24.5 Å². The average Bonchev–Trinajstić information content (AvgIpc) is 2.54. The van der Waals surface area contributed by atoms with Crippen molar-refractivity contribution in [2.24, 2.45) is 0 Å². The van der Waals surface area contributed by atoms with Gasteiger partial charge in [0.25, 0.3) is 0 Å². The predicted octanol–water partition coefficient (Wildman–Crippen LogP) is 4.46. The molecule has 2 aromatic carbocycles. The van der Waals surface area contributed by atoms with Crippen LogP contribution in [0.1, 0.15) is 5.56 Å². The van der Waals surface area contributed by atoms with Gasteiger partial charge in [0.2, 0.25) is 0 Å². The molecule has 3 rings (SSSR count). The highest BCUT2D eigenvalue weighted by Crippen LogP contribution is 2.34. The van der Waals surface area contributed by atoms with Gasteiger partial charge in [-0.3, -0.25) is 0 Å². The standard InChI is InChI=1S/C17H16Cl2FNO2/c18-12-2-1-11(7-14-10-21-5-6-22-14)17(8-12)23-16-4-3-13(20)9-15(16)19/h1-4,8-9,14,21H,5-7,10H2/t14-/m0/s1. The summed E-state index contributed by atoms with van der Waals surface area (Å²) in [5.41, 5.74) is 0.962. The quantitative estimate of drug-likeness (QED) is 0.878. The Bertz CT molecular complexity index is 690. The van der Waals surface area contributed by atoms with Gasteiger partial charge < -0.3 is 14.8 Å². The maximum absolute atomic E-state index is 13.2. The van der Waals surface area contributed by atoms with Crippen LogP contribution >= 0.6 is 23.2 Å². The van der Waals surface area contributed by atoms with Crippen LogP contribution in [0.25, 0.3) is 0 Å². The molecular formula is C17H16Cl2FNO2. The van der Waals surface area contributed by atoms with Crippen molar-refractivity contribution in [1.29, 1.82) is 0 Å². The van der Waals surface area contributed by atoms with Crippen LogP contribution in [-0.4, -0.2) is 25.8 Å². The van der Waals surface area contributed by atoms with E-state index < -0.39 is 5.82 Å². The summed E-state index contributed by atoms with van der Waals surface area (Å²) in [6, 6.07) is 9.47. The zero-order valence-electron chi connectivity index (χ0n) is 12.3. The smallest absolute Gasteiger partial charge is 0.146 e. The Morgan fingerprint density at radius 3 is 2.78 bits per heavy atom. The first-order valence-corrected chi connectivity index (χ1v) is 8.11. The lowest BCUT2D eigenvalue weighted by molar-refractivity contribution is 0.0289. The highest BCUT2D eigenvalue weighted by Gasteiger charge is 2.17. The molecule has 1 aliphatic rings. The van der Waals surface area contributed by atoms with Crippen LogP contribution in [-0.2, 0) is 11.2 Å². The van der Waals surface area contributed by atoms with E-state index in [0.717, 1.165) is 18.7 Å². The molecule has 122 valence electrons. The second kappa shape index (κ2) is 7.49. The van der Waals surface area contributed by atoms with E-state index in [0.29, 0.717) is 29.5 Å². The molecule has 0 aliphatic carbocycles. The Balaban J connectivity index is 1.83. The van der Waals surface area contributed by atoms with Gasteiger partial charge in [-0.25, -0.2) is 4.39 Å². The van der Waals surface area contributed by atoms with E-state index >= 15 is 0 Å². The Morgan fingerprint density at radius 2 is 2.04 bits per heavy atom. The second-order valence-electron chi connectivity index (χ2n) is 5.33. The van der Waals surface area contributed by atoms with E-state index in [2.05, 4.69) is 5.32 Å². The van der Waals surface area contributed by atoms with Crippen molar-refractivity contribution in [1.82, 2.24) is 5.32 Å². The van der Waals surface area contributed by atoms with Gasteiger partial charge in [-0.2, -0.15) is 0 Å². The van der Waals surface area contributed by atoms with E-state index in [-0.39, 0.29) is 11.1 Å². The number of nitrogens with one attached hydrogen (secondary N) is 1. The first-order valence-electron chi connectivity index (χ1n) is 7.35. The zero-order valence-corrected chi connectivity index (χ0v) is 13.8. The number of benzene rings is 2. The molecule has 23 heavy (non-hydrogen) atoms. The van der Waals surface area contributed by atoms with Crippen molar-refractivity contribution in [3.05, 3.63) is 57.8 Å². The normalized spacial score (nSPS) is 18.0. The average molecular weight is 356 g/mol. The van der Waals surface area contributed by atoms with Crippen LogP contribution < -0.4 is 10.1 Å². The molecule has 0 aromatic heterocycles. The van der Waals surface area contributed by atoms with Crippen molar-refractivity contribution in [3.63, 3.8) is 0 Å². The third kappa shape index (κ3) is 4.36. The van der Waals surface area contributed by atoms with Crippen LogP contribution in [0.2, 0.25) is 10.0 Å². The summed E-state index contributed by atoms with van der Waals surface area (Å²) in [4.78, 5) is 0. The fraction of sp³-hybridized carbons (Fsp3) is 0.294. The first-order chi connectivity index (χ1) is 11.1. The minimum Gasteiger partial charge on any atom is -0.455 e. The molecule has 1 N–H and O–H groups in total. The first kappa shape index (κ1) is 16.5. The van der Waals surface area contributed by atoms with E-state index in [9.17, 15) is 4.39 Å². The lowest BCUT2D eigenvalue weighted by atomic mass is 10.1. The van der Waals surface area contributed by atoms with Crippen LogP contribution in [0, 0.1) is 5.82 Å². The monoisotopic (exact) mass is 355 g/mol. The molecule has 0 spiro atoms. The zero-order chi connectivity index (χ0) is 16.2. The number of hydrogen-bond donors (Lipinski definition) is 1. The minimum atomic E-state index is -0.407. The summed E-state index contributed by atoms with van der Waals surface area (Å²) >= 11 is 12.1. The van der Waals surface area contributed by atoms with Crippen molar-refractivity contribution in [2.45, 2.75) is 12.5 Å². The van der Waals surface area contributed by atoms with Crippen molar-refractivity contribution in [2.75, 3.05) is 19.7 Å². The van der Waals surface area contributed by atoms with E-state index in [1.165, 1.54) is 18.2 Å². The molecule has 0 saturated carbocycles. The summed E-state index contributed by atoms with van der Waals surface area (Å²) < 4.78 is 24.7. The Kier molecular flexibility index (Phi) is 5.38. The molecule has 1 aliphatic heterocycles. The molecule has 1 saturated heterocycles. The number of rotatable bonds is 4. The van der Waals surface area contributed by atoms with Crippen LogP contribution in [0.4, 0.5) is 4.39 Å². The molecule has 3 nitrogen and oxygen atoms in total. The van der Waals surface area contributed by atoms with Crippen molar-refractivity contribution >= 4 is 23.2 Å². The van der Waals surface area contributed by atoms with Crippen molar-refractivity contribution in [3.8, 4) is 11.5 Å². The molecule has 0 unspecified atom stereocenters. The molecule has 1 heterocycles. The molecule has 1 fully saturated rings. The molecule has 0 bridgehead atoms. The number of hydrogen-bond acceptors (Lipinski definition) is 3. The summed E-state index contributed by atoms with van der Waals surface area (Å²) in [5, 5.41) is 4.07. The fourth-order valence-electron chi connectivity index (χ4n) is 2.46. The summed E-state index contributed by atoms with van der Waals surface area (Å²) in [6.07, 6.45) is 0.772. The predicted molar refractivity (Wildman–Crippen MR) is 89.2 cm³/mol. The largest absolute Gasteiger partial charge is 0.455 e. The molecule has 6 heteroatoms. The SMILES string of the molecule is Fc1ccc(Oc2cc(Cl)ccc2C[C@H]2CNCCO2)c(Cl)c1. The van der Waals surface area contributed by atoms with Gasteiger partial charge >= 0.3 is 0 Å². The number of morpholine rings is 1. The third-order valence-electron chi connectivity index (χ3n) is 3.60. The summed E-state index contributed by atoms with van der Waals surface area (Å²) in [6.45, 7) is 2.35. The number of ether oxygens (including phenoxy) is 2.